The van der Waals surface area contributed by atoms with Crippen molar-refractivity contribution in [1.29, 1.82) is 0 Å². The van der Waals surface area contributed by atoms with Crippen molar-refractivity contribution >= 4 is 11.8 Å². The number of nitrogens with zero attached hydrogens (tertiary/aromatic N) is 4. The first-order valence-electron chi connectivity index (χ1n) is 6.51. The molecule has 112 valence electrons. The zero-order valence-electron chi connectivity index (χ0n) is 12.1. The molecule has 21 heavy (non-hydrogen) atoms. The van der Waals surface area contributed by atoms with Crippen LogP contribution in [0, 0.1) is 6.92 Å². The summed E-state index contributed by atoms with van der Waals surface area (Å²) in [5, 5.41) is 12.2. The second kappa shape index (κ2) is 7.19. The summed E-state index contributed by atoms with van der Waals surface area (Å²) in [6.07, 6.45) is 1.81. The Balaban J connectivity index is 2.15. The van der Waals surface area contributed by atoms with Crippen LogP contribution in [0.15, 0.2) is 28.7 Å². The van der Waals surface area contributed by atoms with Crippen molar-refractivity contribution < 1.29 is 0 Å². The van der Waals surface area contributed by atoms with Gasteiger partial charge < -0.3 is 14.9 Å². The second-order valence-electron chi connectivity index (χ2n) is 4.44. The molecule has 0 aliphatic rings. The topological polar surface area (TPSA) is 88.5 Å². The van der Waals surface area contributed by atoms with E-state index in [1.165, 1.54) is 17.8 Å². The van der Waals surface area contributed by atoms with Crippen molar-refractivity contribution in [2.75, 3.05) is 7.05 Å². The normalized spacial score (nSPS) is 10.8. The summed E-state index contributed by atoms with van der Waals surface area (Å²) in [7, 11) is 1.86. The number of H-pyrrole nitrogens is 1. The number of aryl methyl sites for hydroxylation is 1. The molecule has 0 radical (unpaired) electrons. The molecule has 0 saturated heterocycles. The van der Waals surface area contributed by atoms with Crippen molar-refractivity contribution in [3.63, 3.8) is 0 Å². The Morgan fingerprint density at radius 2 is 2.33 bits per heavy atom. The molecule has 0 spiro atoms. The fourth-order valence-corrected chi connectivity index (χ4v) is 2.74. The summed E-state index contributed by atoms with van der Waals surface area (Å²) < 4.78 is 1.99. The number of thioether (sulfide) groups is 1. The molecule has 2 heterocycles. The van der Waals surface area contributed by atoms with Crippen LogP contribution in [0.5, 0.6) is 0 Å². The van der Waals surface area contributed by atoms with E-state index in [9.17, 15) is 4.79 Å². The molecule has 2 aromatic rings. The summed E-state index contributed by atoms with van der Waals surface area (Å²) in [5.74, 6) is 2.04. The number of hydrogen-bond acceptors (Lipinski definition) is 6. The highest BCUT2D eigenvalue weighted by molar-refractivity contribution is 7.98. The van der Waals surface area contributed by atoms with Crippen LogP contribution in [0.3, 0.4) is 0 Å². The van der Waals surface area contributed by atoms with Gasteiger partial charge in [0.2, 0.25) is 0 Å². The lowest BCUT2D eigenvalue weighted by molar-refractivity contribution is 0.646. The number of rotatable bonds is 7. The minimum absolute atomic E-state index is 0.137. The van der Waals surface area contributed by atoms with E-state index in [1.54, 1.807) is 6.92 Å². The highest BCUT2D eigenvalue weighted by atomic mass is 32.2. The van der Waals surface area contributed by atoms with E-state index >= 15 is 0 Å². The molecule has 0 aliphatic heterocycles. The average Bonchev–Trinajstić information content (AvgIpc) is 2.79. The first-order valence-corrected chi connectivity index (χ1v) is 7.49. The molecule has 0 saturated carbocycles. The van der Waals surface area contributed by atoms with Gasteiger partial charge in [-0.1, -0.05) is 17.8 Å². The SMILES string of the molecule is C=CCn1c(CNC)nnc1SCc1cc(=O)[nH]c(C)n1. The van der Waals surface area contributed by atoms with E-state index in [2.05, 4.69) is 32.1 Å². The Bertz CT molecular complexity index is 678. The third-order valence-electron chi connectivity index (χ3n) is 2.70. The molecular formula is C13H18N6OS. The van der Waals surface area contributed by atoms with Gasteiger partial charge in [0.25, 0.3) is 5.56 Å². The third-order valence-corrected chi connectivity index (χ3v) is 3.70. The fourth-order valence-electron chi connectivity index (χ4n) is 1.88. The van der Waals surface area contributed by atoms with Crippen molar-refractivity contribution in [3.05, 3.63) is 46.4 Å². The van der Waals surface area contributed by atoms with Crippen molar-refractivity contribution in [2.24, 2.45) is 0 Å². The van der Waals surface area contributed by atoms with Gasteiger partial charge in [0.1, 0.15) is 11.6 Å². The lowest BCUT2D eigenvalue weighted by Gasteiger charge is -2.07. The quantitative estimate of drug-likeness (QED) is 0.583. The maximum atomic E-state index is 11.4. The molecule has 0 amide bonds. The van der Waals surface area contributed by atoms with Gasteiger partial charge in [-0.3, -0.25) is 4.79 Å². The summed E-state index contributed by atoms with van der Waals surface area (Å²) in [4.78, 5) is 18.4. The molecule has 0 atom stereocenters. The molecule has 7 nitrogen and oxygen atoms in total. The Hall–Kier alpha value is -1.93. The van der Waals surface area contributed by atoms with Crippen LogP contribution >= 0.6 is 11.8 Å². The summed E-state index contributed by atoms with van der Waals surface area (Å²) in [6.45, 7) is 6.81. The van der Waals surface area contributed by atoms with E-state index in [0.29, 0.717) is 24.7 Å². The first-order chi connectivity index (χ1) is 10.1. The van der Waals surface area contributed by atoms with Crippen LogP contribution in [0.2, 0.25) is 0 Å². The number of hydrogen-bond donors (Lipinski definition) is 2. The Morgan fingerprint density at radius 1 is 1.52 bits per heavy atom. The van der Waals surface area contributed by atoms with E-state index < -0.39 is 0 Å². The lowest BCUT2D eigenvalue weighted by Crippen LogP contribution is -2.12. The predicted octanol–water partition coefficient (Wildman–Crippen LogP) is 0.868. The van der Waals surface area contributed by atoms with E-state index in [-0.39, 0.29) is 5.56 Å². The smallest absolute Gasteiger partial charge is 0.251 e. The Kier molecular flexibility index (Phi) is 5.29. The standard InChI is InChI=1S/C13H18N6OS/c1-4-5-19-11(7-14-3)17-18-13(19)21-8-10-6-12(20)16-9(2)15-10/h4,6,14H,1,5,7-8H2,2-3H3,(H,15,16,20). The Morgan fingerprint density at radius 3 is 3.00 bits per heavy atom. The monoisotopic (exact) mass is 306 g/mol. The number of aromatic amines is 1. The molecular weight excluding hydrogens is 288 g/mol. The van der Waals surface area contributed by atoms with Gasteiger partial charge in [0, 0.05) is 18.4 Å². The second-order valence-corrected chi connectivity index (χ2v) is 5.38. The van der Waals surface area contributed by atoms with Crippen LogP contribution in [-0.2, 0) is 18.8 Å². The van der Waals surface area contributed by atoms with Crippen LogP contribution in [0.1, 0.15) is 17.3 Å². The zero-order valence-corrected chi connectivity index (χ0v) is 12.9. The van der Waals surface area contributed by atoms with Gasteiger partial charge in [-0.2, -0.15) is 0 Å². The molecule has 0 aromatic carbocycles. The Labute approximate surface area is 126 Å². The van der Waals surface area contributed by atoms with E-state index in [1.807, 2.05) is 17.7 Å². The molecule has 2 rings (SSSR count). The maximum Gasteiger partial charge on any atom is 0.251 e. The summed E-state index contributed by atoms with van der Waals surface area (Å²) in [6, 6.07) is 1.50. The van der Waals surface area contributed by atoms with Gasteiger partial charge in [-0.25, -0.2) is 4.98 Å². The van der Waals surface area contributed by atoms with Gasteiger partial charge in [-0.05, 0) is 14.0 Å². The number of nitrogens with one attached hydrogen (secondary N) is 2. The summed E-state index contributed by atoms with van der Waals surface area (Å²) >= 11 is 1.50. The molecule has 8 heteroatoms. The van der Waals surface area contributed by atoms with Crippen LogP contribution < -0.4 is 10.9 Å². The molecule has 2 N–H and O–H groups in total. The minimum Gasteiger partial charge on any atom is -0.313 e. The number of allylic oxidation sites excluding steroid dienone is 1. The van der Waals surface area contributed by atoms with E-state index in [4.69, 9.17) is 0 Å². The highest BCUT2D eigenvalue weighted by Gasteiger charge is 2.11. The molecule has 0 aliphatic carbocycles. The van der Waals surface area contributed by atoms with E-state index in [0.717, 1.165) is 16.7 Å². The molecule has 2 aromatic heterocycles. The van der Waals surface area contributed by atoms with Gasteiger partial charge in [0.15, 0.2) is 5.16 Å². The molecule has 0 bridgehead atoms. The van der Waals surface area contributed by atoms with Crippen molar-refractivity contribution in [3.8, 4) is 0 Å². The molecule has 0 unspecified atom stereocenters. The van der Waals surface area contributed by atoms with Crippen molar-refractivity contribution in [2.45, 2.75) is 30.9 Å². The maximum absolute atomic E-state index is 11.4. The molecule has 0 fully saturated rings. The van der Waals surface area contributed by atoms with Crippen LogP contribution in [0.25, 0.3) is 0 Å². The minimum atomic E-state index is -0.137. The van der Waals surface area contributed by atoms with Gasteiger partial charge >= 0.3 is 0 Å². The van der Waals surface area contributed by atoms with Crippen LogP contribution in [-0.4, -0.2) is 31.8 Å². The van der Waals surface area contributed by atoms with Crippen LogP contribution in [0.4, 0.5) is 0 Å². The van der Waals surface area contributed by atoms with Gasteiger partial charge in [0.05, 0.1) is 12.2 Å². The zero-order chi connectivity index (χ0) is 15.2. The highest BCUT2D eigenvalue weighted by Crippen LogP contribution is 2.20. The van der Waals surface area contributed by atoms with Crippen molar-refractivity contribution in [1.82, 2.24) is 30.0 Å². The number of aromatic nitrogens is 5. The average molecular weight is 306 g/mol. The largest absolute Gasteiger partial charge is 0.313 e. The predicted molar refractivity (Wildman–Crippen MR) is 82.1 cm³/mol. The fraction of sp³-hybridized carbons (Fsp3) is 0.385. The first kappa shape index (κ1) is 15.5. The lowest BCUT2D eigenvalue weighted by atomic mass is 10.4. The third kappa shape index (κ3) is 4.02. The summed E-state index contributed by atoms with van der Waals surface area (Å²) in [5.41, 5.74) is 0.589. The van der Waals surface area contributed by atoms with Gasteiger partial charge in [-0.15, -0.1) is 16.8 Å².